The van der Waals surface area contributed by atoms with Crippen molar-refractivity contribution in [2.24, 2.45) is 5.73 Å². The number of ether oxygens (including phenoxy) is 1. The lowest BCUT2D eigenvalue weighted by Gasteiger charge is -2.13. The molecule has 0 aliphatic heterocycles. The molecule has 1 aromatic heterocycles. The molecule has 5 N–H and O–H groups in total. The van der Waals surface area contributed by atoms with Crippen LogP contribution in [-0.4, -0.2) is 22.4 Å². The lowest BCUT2D eigenvalue weighted by Crippen LogP contribution is -2.20. The summed E-state index contributed by atoms with van der Waals surface area (Å²) >= 11 is 0. The monoisotopic (exact) mass is 265 g/mol. The third-order valence-electron chi connectivity index (χ3n) is 1.96. The smallest absolute Gasteiger partial charge is 0.481 e. The van der Waals surface area contributed by atoms with Gasteiger partial charge >= 0.3 is 12.3 Å². The number of carboxylic acid groups (broad SMARTS) is 1. The molecule has 1 aromatic rings. The van der Waals surface area contributed by atoms with Crippen LogP contribution in [0.3, 0.4) is 0 Å². The number of hydrogen-bond donors (Lipinski definition) is 3. The van der Waals surface area contributed by atoms with E-state index in [0.29, 0.717) is 0 Å². The number of rotatable bonds is 4. The van der Waals surface area contributed by atoms with Crippen molar-refractivity contribution in [3.05, 3.63) is 17.3 Å². The van der Waals surface area contributed by atoms with Crippen molar-refractivity contribution in [2.45, 2.75) is 19.3 Å². The first-order valence-corrected chi connectivity index (χ1v) is 4.69. The summed E-state index contributed by atoms with van der Waals surface area (Å²) in [5, 5.41) is 8.62. The second-order valence-electron chi connectivity index (χ2n) is 3.30. The number of aromatic nitrogens is 1. The second kappa shape index (κ2) is 5.08. The quantitative estimate of drug-likeness (QED) is 0.736. The van der Waals surface area contributed by atoms with E-state index in [9.17, 15) is 18.0 Å². The predicted molar refractivity (Wildman–Crippen MR) is 54.6 cm³/mol. The molecule has 0 spiro atoms. The molecule has 1 rings (SSSR count). The first kappa shape index (κ1) is 14.0. The van der Waals surface area contributed by atoms with Gasteiger partial charge in [-0.3, -0.25) is 4.79 Å². The first-order valence-electron chi connectivity index (χ1n) is 4.69. The number of nitrogens with zero attached hydrogens (tertiary/aromatic N) is 1. The maximum atomic E-state index is 12.0. The van der Waals surface area contributed by atoms with Crippen molar-refractivity contribution >= 4 is 11.7 Å². The number of nitrogens with two attached hydrogens (primary N) is 2. The number of alkyl halides is 3. The average molecular weight is 265 g/mol. The lowest BCUT2D eigenvalue weighted by molar-refractivity contribution is -0.276. The summed E-state index contributed by atoms with van der Waals surface area (Å²) in [5.41, 5.74) is 10.7. The van der Waals surface area contributed by atoms with Gasteiger partial charge in [0.2, 0.25) is 5.88 Å². The molecule has 0 fully saturated rings. The molecule has 0 atom stereocenters. The molecular weight excluding hydrogens is 255 g/mol. The fourth-order valence-corrected chi connectivity index (χ4v) is 1.32. The first-order chi connectivity index (χ1) is 8.23. The molecule has 0 saturated carbocycles. The van der Waals surface area contributed by atoms with Gasteiger partial charge in [0, 0.05) is 23.9 Å². The standard InChI is InChI=1S/C9H10F3N3O3/c10-9(11,12)18-7-1-5(14)4(3-13)6(15-7)2-8(16)17/h1H,2-3,13H2,(H2,14,15)(H,16,17). The zero-order chi connectivity index (χ0) is 13.9. The molecule has 0 radical (unpaired) electrons. The number of aliphatic carboxylic acids is 1. The van der Waals surface area contributed by atoms with E-state index in [1.54, 1.807) is 0 Å². The van der Waals surface area contributed by atoms with Gasteiger partial charge in [-0.15, -0.1) is 13.2 Å². The van der Waals surface area contributed by atoms with Crippen LogP contribution in [0, 0.1) is 0 Å². The number of carboxylic acids is 1. The molecule has 0 saturated heterocycles. The molecule has 0 aliphatic rings. The van der Waals surface area contributed by atoms with E-state index < -0.39 is 24.6 Å². The minimum absolute atomic E-state index is 0.0944. The van der Waals surface area contributed by atoms with E-state index in [1.165, 1.54) is 0 Å². The normalized spacial score (nSPS) is 11.3. The van der Waals surface area contributed by atoms with E-state index in [0.717, 1.165) is 6.07 Å². The van der Waals surface area contributed by atoms with Gasteiger partial charge in [0.25, 0.3) is 0 Å². The van der Waals surface area contributed by atoms with Gasteiger partial charge in [0.05, 0.1) is 12.1 Å². The van der Waals surface area contributed by atoms with Crippen molar-refractivity contribution in [3.8, 4) is 5.88 Å². The Kier molecular flexibility index (Phi) is 3.96. The van der Waals surface area contributed by atoms with Gasteiger partial charge in [0.15, 0.2) is 0 Å². The van der Waals surface area contributed by atoms with E-state index in [1.807, 2.05) is 0 Å². The highest BCUT2D eigenvalue weighted by atomic mass is 19.4. The van der Waals surface area contributed by atoms with E-state index in [2.05, 4.69) is 9.72 Å². The predicted octanol–water partition coefficient (Wildman–Crippen LogP) is 0.648. The summed E-state index contributed by atoms with van der Waals surface area (Å²) < 4.78 is 39.6. The molecule has 0 amide bonds. The summed E-state index contributed by atoms with van der Waals surface area (Å²) in [7, 11) is 0. The highest BCUT2D eigenvalue weighted by molar-refractivity contribution is 5.71. The molecule has 9 heteroatoms. The fourth-order valence-electron chi connectivity index (χ4n) is 1.32. The molecule has 18 heavy (non-hydrogen) atoms. The molecular formula is C9H10F3N3O3. The van der Waals surface area contributed by atoms with Gasteiger partial charge < -0.3 is 21.3 Å². The van der Waals surface area contributed by atoms with Crippen LogP contribution in [0.15, 0.2) is 6.07 Å². The van der Waals surface area contributed by atoms with Gasteiger partial charge in [-0.25, -0.2) is 4.98 Å². The second-order valence-corrected chi connectivity index (χ2v) is 3.30. The Labute approximate surface area is 99.4 Å². The Hall–Kier alpha value is -2.03. The molecule has 1 heterocycles. The Balaban J connectivity index is 3.17. The van der Waals surface area contributed by atoms with Crippen LogP contribution < -0.4 is 16.2 Å². The number of halogens is 3. The maximum absolute atomic E-state index is 12.0. The summed E-state index contributed by atoms with van der Waals surface area (Å²) in [4.78, 5) is 14.0. The number of hydrogen-bond acceptors (Lipinski definition) is 5. The molecule has 0 unspecified atom stereocenters. The number of carbonyl (C=O) groups is 1. The Bertz CT molecular complexity index is 462. The van der Waals surface area contributed by atoms with Crippen molar-refractivity contribution in [2.75, 3.05) is 5.73 Å². The van der Waals surface area contributed by atoms with Gasteiger partial charge in [-0.05, 0) is 0 Å². The molecule has 0 aromatic carbocycles. The topological polar surface area (TPSA) is 111 Å². The van der Waals surface area contributed by atoms with E-state index in [-0.39, 0.29) is 23.5 Å². The molecule has 0 bridgehead atoms. The van der Waals surface area contributed by atoms with Crippen LogP contribution in [-0.2, 0) is 17.8 Å². The third kappa shape index (κ3) is 3.77. The third-order valence-corrected chi connectivity index (χ3v) is 1.96. The number of anilines is 1. The van der Waals surface area contributed by atoms with Crippen LogP contribution in [0.5, 0.6) is 5.88 Å². The largest absolute Gasteiger partial charge is 0.574 e. The van der Waals surface area contributed by atoms with E-state index >= 15 is 0 Å². The minimum atomic E-state index is -4.93. The fraction of sp³-hybridized carbons (Fsp3) is 0.333. The van der Waals surface area contributed by atoms with Crippen LogP contribution >= 0.6 is 0 Å². The minimum Gasteiger partial charge on any atom is -0.481 e. The van der Waals surface area contributed by atoms with Crippen LogP contribution in [0.4, 0.5) is 18.9 Å². The van der Waals surface area contributed by atoms with E-state index in [4.69, 9.17) is 16.6 Å². The highest BCUT2D eigenvalue weighted by Crippen LogP contribution is 2.26. The Morgan fingerprint density at radius 2 is 2.11 bits per heavy atom. The van der Waals surface area contributed by atoms with Gasteiger partial charge in [0.1, 0.15) is 0 Å². The molecule has 0 aliphatic carbocycles. The van der Waals surface area contributed by atoms with Crippen LogP contribution in [0.25, 0.3) is 0 Å². The van der Waals surface area contributed by atoms with Crippen LogP contribution in [0.1, 0.15) is 11.3 Å². The summed E-state index contributed by atoms with van der Waals surface area (Å²) in [6.45, 7) is -0.131. The zero-order valence-electron chi connectivity index (χ0n) is 8.99. The summed E-state index contributed by atoms with van der Waals surface area (Å²) in [6, 6.07) is 0.848. The van der Waals surface area contributed by atoms with Crippen LogP contribution in [0.2, 0.25) is 0 Å². The van der Waals surface area contributed by atoms with Gasteiger partial charge in [-0.1, -0.05) is 0 Å². The molecule has 6 nitrogen and oxygen atoms in total. The van der Waals surface area contributed by atoms with Crippen molar-refractivity contribution < 1.29 is 27.8 Å². The van der Waals surface area contributed by atoms with Crippen molar-refractivity contribution in [3.63, 3.8) is 0 Å². The number of pyridine rings is 1. The Morgan fingerprint density at radius 3 is 2.56 bits per heavy atom. The van der Waals surface area contributed by atoms with Gasteiger partial charge in [-0.2, -0.15) is 0 Å². The zero-order valence-corrected chi connectivity index (χ0v) is 8.99. The van der Waals surface area contributed by atoms with Crippen molar-refractivity contribution in [1.29, 1.82) is 0 Å². The maximum Gasteiger partial charge on any atom is 0.574 e. The lowest BCUT2D eigenvalue weighted by atomic mass is 10.1. The summed E-state index contributed by atoms with van der Waals surface area (Å²) in [5.74, 6) is -2.07. The number of nitrogen functional groups attached to an aromatic ring is 1. The Morgan fingerprint density at radius 1 is 1.50 bits per heavy atom. The summed E-state index contributed by atoms with van der Waals surface area (Å²) in [6.07, 6.45) is -5.52. The average Bonchev–Trinajstić information content (AvgIpc) is 2.13. The highest BCUT2D eigenvalue weighted by Gasteiger charge is 2.32. The molecule has 100 valence electrons. The van der Waals surface area contributed by atoms with Crippen molar-refractivity contribution in [1.82, 2.24) is 4.98 Å². The SMILES string of the molecule is NCc1c(N)cc(OC(F)(F)F)nc1CC(=O)O.